The van der Waals surface area contributed by atoms with Gasteiger partial charge in [-0.05, 0) is 41.5 Å². The quantitative estimate of drug-likeness (QED) is 0.719. The maximum atomic E-state index is 12.1. The molecule has 2 amide bonds. The van der Waals surface area contributed by atoms with Gasteiger partial charge in [-0.15, -0.1) is 0 Å². The van der Waals surface area contributed by atoms with E-state index in [4.69, 9.17) is 0 Å². The Hall–Kier alpha value is -3.15. The lowest BCUT2D eigenvalue weighted by atomic mass is 10.1. The molecule has 6 heteroatoms. The van der Waals surface area contributed by atoms with Crippen molar-refractivity contribution < 1.29 is 4.79 Å². The summed E-state index contributed by atoms with van der Waals surface area (Å²) in [5, 5.41) is 10.1. The third-order valence-corrected chi connectivity index (χ3v) is 4.65. The molecule has 1 fully saturated rings. The number of anilines is 1. The highest BCUT2D eigenvalue weighted by molar-refractivity contribution is 5.88. The smallest absolute Gasteiger partial charge is 0.320 e. The molecule has 2 aromatic heterocycles. The largest absolute Gasteiger partial charge is 0.338 e. The normalized spacial score (nSPS) is 18.3. The van der Waals surface area contributed by atoms with Gasteiger partial charge in [-0.2, -0.15) is 5.10 Å². The van der Waals surface area contributed by atoms with Crippen LogP contribution in [-0.4, -0.2) is 27.3 Å². The monoisotopic (exact) mass is 347 g/mol. The Bertz CT molecular complexity index is 862. The molecule has 1 aliphatic carbocycles. The summed E-state index contributed by atoms with van der Waals surface area (Å²) in [5.41, 5.74) is 2.47. The van der Waals surface area contributed by atoms with E-state index in [9.17, 15) is 4.79 Å². The zero-order valence-corrected chi connectivity index (χ0v) is 14.4. The van der Waals surface area contributed by atoms with Crippen molar-refractivity contribution in [3.8, 4) is 0 Å². The fourth-order valence-electron chi connectivity index (χ4n) is 3.16. The second kappa shape index (κ2) is 7.39. The van der Waals surface area contributed by atoms with Gasteiger partial charge in [0.25, 0.3) is 0 Å². The van der Waals surface area contributed by atoms with Crippen molar-refractivity contribution in [1.29, 1.82) is 0 Å². The van der Waals surface area contributed by atoms with Crippen LogP contribution in [0.15, 0.2) is 67.1 Å². The first kappa shape index (κ1) is 16.3. The van der Waals surface area contributed by atoms with E-state index >= 15 is 0 Å². The summed E-state index contributed by atoms with van der Waals surface area (Å²) in [6.45, 7) is 1.33. The van der Waals surface area contributed by atoms with Crippen molar-refractivity contribution in [3.63, 3.8) is 0 Å². The van der Waals surface area contributed by atoms with Crippen molar-refractivity contribution in [2.75, 3.05) is 11.9 Å². The molecule has 6 nitrogen and oxygen atoms in total. The van der Waals surface area contributed by atoms with Gasteiger partial charge in [-0.3, -0.25) is 15.0 Å². The van der Waals surface area contributed by atoms with Gasteiger partial charge in [0.1, 0.15) is 0 Å². The Kier molecular flexibility index (Phi) is 4.64. The highest BCUT2D eigenvalue weighted by atomic mass is 16.2. The van der Waals surface area contributed by atoms with Gasteiger partial charge in [-0.25, -0.2) is 4.79 Å². The zero-order chi connectivity index (χ0) is 17.8. The number of nitrogens with one attached hydrogen (secondary N) is 2. The Labute approximate surface area is 152 Å². The number of nitrogens with zero attached hydrogens (tertiary/aromatic N) is 3. The zero-order valence-electron chi connectivity index (χ0n) is 14.4. The van der Waals surface area contributed by atoms with Crippen molar-refractivity contribution in [1.82, 2.24) is 20.1 Å². The molecule has 1 saturated carbocycles. The molecule has 2 heterocycles. The minimum Gasteiger partial charge on any atom is -0.338 e. The van der Waals surface area contributed by atoms with E-state index in [-0.39, 0.29) is 6.03 Å². The van der Waals surface area contributed by atoms with Crippen molar-refractivity contribution in [2.45, 2.75) is 18.9 Å². The maximum absolute atomic E-state index is 12.1. The molecule has 0 bridgehead atoms. The lowest BCUT2D eigenvalue weighted by Crippen LogP contribution is -2.30. The van der Waals surface area contributed by atoms with Crippen LogP contribution in [0, 0.1) is 5.92 Å². The van der Waals surface area contributed by atoms with E-state index in [1.165, 1.54) is 5.56 Å². The van der Waals surface area contributed by atoms with Gasteiger partial charge < -0.3 is 5.32 Å². The predicted octanol–water partition coefficient (Wildman–Crippen LogP) is 3.25. The van der Waals surface area contributed by atoms with Gasteiger partial charge in [0.15, 0.2) is 5.82 Å². The van der Waals surface area contributed by atoms with Crippen LogP contribution < -0.4 is 10.6 Å². The molecule has 4 rings (SSSR count). The molecule has 132 valence electrons. The van der Waals surface area contributed by atoms with Crippen LogP contribution in [0.1, 0.15) is 23.5 Å². The van der Waals surface area contributed by atoms with Gasteiger partial charge >= 0.3 is 6.03 Å². The molecule has 0 radical (unpaired) electrons. The summed E-state index contributed by atoms with van der Waals surface area (Å²) in [5.74, 6) is 1.63. The molecule has 0 spiro atoms. The summed E-state index contributed by atoms with van der Waals surface area (Å²) >= 11 is 0. The Morgan fingerprint density at radius 1 is 1.12 bits per heavy atom. The summed E-state index contributed by atoms with van der Waals surface area (Å²) in [6, 6.07) is 15.9. The number of hydrogen-bond donors (Lipinski definition) is 2. The molecule has 1 aliphatic rings. The van der Waals surface area contributed by atoms with Crippen molar-refractivity contribution in [3.05, 3.63) is 78.2 Å². The van der Waals surface area contributed by atoms with E-state index in [1.54, 1.807) is 23.1 Å². The SMILES string of the molecule is O=C(NC[C@@H]1C[C@@H]1c1ccccc1)Nc1ccn(Cc2ccncc2)n1. The molecule has 2 atom stereocenters. The first-order chi connectivity index (χ1) is 12.8. The number of carbonyl (C=O) groups is 1. The topological polar surface area (TPSA) is 71.8 Å². The summed E-state index contributed by atoms with van der Waals surface area (Å²) in [7, 11) is 0. The lowest BCUT2D eigenvalue weighted by molar-refractivity contribution is 0.251. The highest BCUT2D eigenvalue weighted by Crippen LogP contribution is 2.46. The van der Waals surface area contributed by atoms with Crippen LogP contribution in [0.3, 0.4) is 0 Å². The number of aromatic nitrogens is 3. The number of carbonyl (C=O) groups excluding carboxylic acids is 1. The van der Waals surface area contributed by atoms with E-state index in [0.717, 1.165) is 12.0 Å². The second-order valence-corrected chi connectivity index (χ2v) is 6.60. The minimum atomic E-state index is -0.210. The van der Waals surface area contributed by atoms with Crippen LogP contribution in [0.4, 0.5) is 10.6 Å². The first-order valence-corrected chi connectivity index (χ1v) is 8.80. The van der Waals surface area contributed by atoms with Crippen LogP contribution in [0.25, 0.3) is 0 Å². The molecule has 0 aliphatic heterocycles. The molecule has 0 saturated heterocycles. The fourth-order valence-corrected chi connectivity index (χ4v) is 3.16. The number of amides is 2. The van der Waals surface area contributed by atoms with Crippen LogP contribution >= 0.6 is 0 Å². The van der Waals surface area contributed by atoms with Crippen molar-refractivity contribution >= 4 is 11.8 Å². The number of benzene rings is 1. The molecule has 2 N–H and O–H groups in total. The van der Waals surface area contributed by atoms with Gasteiger partial charge in [0, 0.05) is 31.2 Å². The van der Waals surface area contributed by atoms with Gasteiger partial charge in [0.05, 0.1) is 6.54 Å². The average molecular weight is 347 g/mol. The third-order valence-electron chi connectivity index (χ3n) is 4.65. The van der Waals surface area contributed by atoms with Crippen LogP contribution in [0.2, 0.25) is 0 Å². The van der Waals surface area contributed by atoms with Crippen LogP contribution in [-0.2, 0) is 6.54 Å². The molecular formula is C20H21N5O. The van der Waals surface area contributed by atoms with Gasteiger partial charge in [-0.1, -0.05) is 30.3 Å². The number of pyridine rings is 1. The maximum Gasteiger partial charge on any atom is 0.320 e. The molecule has 0 unspecified atom stereocenters. The summed E-state index contributed by atoms with van der Waals surface area (Å²) in [6.07, 6.45) is 6.49. The predicted molar refractivity (Wildman–Crippen MR) is 99.9 cm³/mol. The average Bonchev–Trinajstić information content (AvgIpc) is 3.34. The second-order valence-electron chi connectivity index (χ2n) is 6.60. The molecule has 26 heavy (non-hydrogen) atoms. The summed E-state index contributed by atoms with van der Waals surface area (Å²) < 4.78 is 1.79. The molecular weight excluding hydrogens is 326 g/mol. The Balaban J connectivity index is 1.23. The Morgan fingerprint density at radius 2 is 1.92 bits per heavy atom. The van der Waals surface area contributed by atoms with Crippen molar-refractivity contribution in [2.24, 2.45) is 5.92 Å². The first-order valence-electron chi connectivity index (χ1n) is 8.80. The van der Waals surface area contributed by atoms with E-state index in [0.29, 0.717) is 30.7 Å². The lowest BCUT2D eigenvalue weighted by Gasteiger charge is -2.06. The van der Waals surface area contributed by atoms with E-state index < -0.39 is 0 Å². The highest BCUT2D eigenvalue weighted by Gasteiger charge is 2.38. The standard InChI is InChI=1S/C20H21N5O/c26-20(22-13-17-12-18(17)16-4-2-1-3-5-16)23-19-8-11-25(24-19)14-15-6-9-21-10-7-15/h1-11,17-18H,12-14H2,(H2,22,23,24,26)/t17-,18+/m0/s1. The number of urea groups is 1. The minimum absolute atomic E-state index is 0.210. The third kappa shape index (κ3) is 4.08. The number of hydrogen-bond acceptors (Lipinski definition) is 3. The fraction of sp³-hybridized carbons (Fsp3) is 0.250. The molecule has 1 aromatic carbocycles. The molecule has 3 aromatic rings. The van der Waals surface area contributed by atoms with E-state index in [1.807, 2.05) is 24.4 Å². The number of rotatable bonds is 6. The van der Waals surface area contributed by atoms with Crippen LogP contribution in [0.5, 0.6) is 0 Å². The Morgan fingerprint density at radius 3 is 2.73 bits per heavy atom. The summed E-state index contributed by atoms with van der Waals surface area (Å²) in [4.78, 5) is 16.1. The van der Waals surface area contributed by atoms with E-state index in [2.05, 4.69) is 45.0 Å². The van der Waals surface area contributed by atoms with Gasteiger partial charge in [0.2, 0.25) is 0 Å².